The van der Waals surface area contributed by atoms with Gasteiger partial charge in [0.05, 0.1) is 34.3 Å². The molecule has 0 aliphatic rings. The van der Waals surface area contributed by atoms with Crippen molar-refractivity contribution >= 4 is 21.7 Å². The molecule has 0 amide bonds. The van der Waals surface area contributed by atoms with Gasteiger partial charge in [0.1, 0.15) is 6.61 Å². The molecule has 0 unspecified atom stereocenters. The molecule has 0 aromatic heterocycles. The second-order valence-corrected chi connectivity index (χ2v) is 8.44. The number of rotatable bonds is 8. The van der Waals surface area contributed by atoms with Gasteiger partial charge >= 0.3 is 5.97 Å². The fourth-order valence-electron chi connectivity index (χ4n) is 2.87. The molecule has 0 aliphatic carbocycles. The van der Waals surface area contributed by atoms with Crippen molar-refractivity contribution in [1.82, 2.24) is 0 Å². The molecule has 0 spiro atoms. The van der Waals surface area contributed by atoms with Crippen LogP contribution >= 0.6 is 0 Å². The monoisotopic (exact) mass is 432 g/mol. The van der Waals surface area contributed by atoms with Crippen LogP contribution in [0.3, 0.4) is 0 Å². The van der Waals surface area contributed by atoms with Crippen molar-refractivity contribution in [2.75, 3.05) is 10.8 Å². The molecule has 0 saturated heterocycles. The van der Waals surface area contributed by atoms with Gasteiger partial charge in [-0.25, -0.2) is 13.2 Å². The number of hydrogen-bond donors (Lipinski definition) is 0. The Balaban J connectivity index is 1.81. The third kappa shape index (κ3) is 5.18. The second-order valence-electron chi connectivity index (χ2n) is 6.57. The first-order valence-corrected chi connectivity index (χ1v) is 10.8. The van der Waals surface area contributed by atoms with E-state index in [4.69, 9.17) is 10.00 Å². The van der Waals surface area contributed by atoms with Gasteiger partial charge in [0, 0.05) is 0 Å². The highest BCUT2D eigenvalue weighted by molar-refractivity contribution is 7.92. The molecule has 0 fully saturated rings. The summed E-state index contributed by atoms with van der Waals surface area (Å²) in [4.78, 5) is 12.5. The zero-order chi connectivity index (χ0) is 22.3. The van der Waals surface area contributed by atoms with E-state index in [1.54, 1.807) is 54.6 Å². The smallest absolute Gasteiger partial charge is 0.338 e. The molecule has 3 aromatic carbocycles. The number of nitrogens with zero attached hydrogens (tertiary/aromatic N) is 2. The number of para-hydroxylation sites is 1. The minimum Gasteiger partial charge on any atom is -0.457 e. The molecule has 0 bridgehead atoms. The summed E-state index contributed by atoms with van der Waals surface area (Å²) in [5, 5.41) is 8.84. The van der Waals surface area contributed by atoms with E-state index in [1.807, 2.05) is 6.07 Å². The number of esters is 1. The van der Waals surface area contributed by atoms with Crippen molar-refractivity contribution in [2.45, 2.75) is 11.5 Å². The Hall–Kier alpha value is -3.89. The lowest BCUT2D eigenvalue weighted by Crippen LogP contribution is -2.31. The molecule has 31 heavy (non-hydrogen) atoms. The zero-order valence-corrected chi connectivity index (χ0v) is 17.5. The molecule has 0 aliphatic heterocycles. The van der Waals surface area contributed by atoms with Gasteiger partial charge in [-0.1, -0.05) is 42.5 Å². The van der Waals surface area contributed by atoms with Crippen LogP contribution in [0.2, 0.25) is 0 Å². The molecule has 3 rings (SSSR count). The van der Waals surface area contributed by atoms with Crippen molar-refractivity contribution in [3.05, 3.63) is 108 Å². The fourth-order valence-corrected chi connectivity index (χ4v) is 4.35. The van der Waals surface area contributed by atoms with E-state index in [-0.39, 0.29) is 23.6 Å². The Morgan fingerprint density at radius 2 is 1.74 bits per heavy atom. The van der Waals surface area contributed by atoms with Gasteiger partial charge in [-0.2, -0.15) is 5.26 Å². The Morgan fingerprint density at radius 1 is 1.03 bits per heavy atom. The van der Waals surface area contributed by atoms with Gasteiger partial charge in [-0.15, -0.1) is 6.58 Å². The average Bonchev–Trinajstić information content (AvgIpc) is 2.81. The molecule has 0 radical (unpaired) electrons. The van der Waals surface area contributed by atoms with Crippen molar-refractivity contribution in [3.63, 3.8) is 0 Å². The predicted molar refractivity (Wildman–Crippen MR) is 118 cm³/mol. The van der Waals surface area contributed by atoms with Gasteiger partial charge in [-0.3, -0.25) is 4.31 Å². The largest absolute Gasteiger partial charge is 0.457 e. The lowest BCUT2D eigenvalue weighted by Gasteiger charge is -2.23. The van der Waals surface area contributed by atoms with Crippen LogP contribution in [0.15, 0.2) is 96.4 Å². The van der Waals surface area contributed by atoms with Gasteiger partial charge in [0.15, 0.2) is 0 Å². The van der Waals surface area contributed by atoms with E-state index in [0.29, 0.717) is 11.3 Å². The highest BCUT2D eigenvalue weighted by atomic mass is 32.2. The van der Waals surface area contributed by atoms with Gasteiger partial charge in [-0.05, 0) is 48.0 Å². The number of nitriles is 1. The topological polar surface area (TPSA) is 87.5 Å². The summed E-state index contributed by atoms with van der Waals surface area (Å²) in [5.41, 5.74) is 1.85. The van der Waals surface area contributed by atoms with Crippen LogP contribution < -0.4 is 4.31 Å². The number of benzene rings is 3. The van der Waals surface area contributed by atoms with E-state index >= 15 is 0 Å². The maximum absolute atomic E-state index is 13.2. The summed E-state index contributed by atoms with van der Waals surface area (Å²) in [7, 11) is -3.92. The first-order valence-electron chi connectivity index (χ1n) is 9.40. The van der Waals surface area contributed by atoms with Crippen molar-refractivity contribution in [3.8, 4) is 6.07 Å². The number of ether oxygens (including phenoxy) is 1. The Kier molecular flexibility index (Phi) is 6.85. The fraction of sp³-hybridized carbons (Fsp3) is 0.0833. The molecule has 7 heteroatoms. The summed E-state index contributed by atoms with van der Waals surface area (Å²) >= 11 is 0. The van der Waals surface area contributed by atoms with E-state index in [0.717, 1.165) is 5.56 Å². The minimum absolute atomic E-state index is 0.00806. The van der Waals surface area contributed by atoms with Crippen molar-refractivity contribution < 1.29 is 17.9 Å². The second kappa shape index (κ2) is 9.74. The summed E-state index contributed by atoms with van der Waals surface area (Å²) in [6.07, 6.45) is 1.50. The Labute approximate surface area is 181 Å². The summed E-state index contributed by atoms with van der Waals surface area (Å²) < 4.78 is 33.0. The van der Waals surface area contributed by atoms with E-state index in [1.165, 1.54) is 34.6 Å². The SMILES string of the molecule is C=CCN(c1ccccc1)S(=O)(=O)c1cccc(C(=O)OCc2ccc(C#N)cc2)c1. The molecule has 156 valence electrons. The third-order valence-electron chi connectivity index (χ3n) is 4.45. The molecule has 6 nitrogen and oxygen atoms in total. The maximum Gasteiger partial charge on any atom is 0.338 e. The quantitative estimate of drug-likeness (QED) is 0.391. The van der Waals surface area contributed by atoms with Crippen molar-refractivity contribution in [2.24, 2.45) is 0 Å². The van der Waals surface area contributed by atoms with Crippen LogP contribution in [0.4, 0.5) is 5.69 Å². The van der Waals surface area contributed by atoms with E-state index in [2.05, 4.69) is 6.58 Å². The van der Waals surface area contributed by atoms with Crippen molar-refractivity contribution in [1.29, 1.82) is 5.26 Å². The van der Waals surface area contributed by atoms with Gasteiger partial charge in [0.25, 0.3) is 10.0 Å². The van der Waals surface area contributed by atoms with E-state index in [9.17, 15) is 13.2 Å². The molecule has 0 heterocycles. The minimum atomic E-state index is -3.92. The first-order chi connectivity index (χ1) is 15.0. The molecule has 0 atom stereocenters. The predicted octanol–water partition coefficient (Wildman–Crippen LogP) is 4.30. The number of anilines is 1. The van der Waals surface area contributed by atoms with Gasteiger partial charge in [0.2, 0.25) is 0 Å². The highest BCUT2D eigenvalue weighted by Gasteiger charge is 2.25. The molecular formula is C24H20N2O4S. The maximum atomic E-state index is 13.2. The summed E-state index contributed by atoms with van der Waals surface area (Å²) in [6.45, 7) is 3.74. The summed E-state index contributed by atoms with van der Waals surface area (Å²) in [5.74, 6) is -0.642. The molecular weight excluding hydrogens is 412 g/mol. The number of carbonyl (C=O) groups excluding carboxylic acids is 1. The number of sulfonamides is 1. The number of hydrogen-bond acceptors (Lipinski definition) is 5. The first kappa shape index (κ1) is 21.8. The standard InChI is InChI=1S/C24H20N2O4S/c1-2-15-26(22-8-4-3-5-9-22)31(28,29)23-10-6-7-21(16-23)24(27)30-18-20-13-11-19(17-25)12-14-20/h2-14,16H,1,15,18H2. The average molecular weight is 433 g/mol. The number of carbonyl (C=O) groups is 1. The van der Waals surface area contributed by atoms with Crippen LogP contribution in [0.25, 0.3) is 0 Å². The lowest BCUT2D eigenvalue weighted by atomic mass is 10.1. The highest BCUT2D eigenvalue weighted by Crippen LogP contribution is 2.24. The van der Waals surface area contributed by atoms with E-state index < -0.39 is 16.0 Å². The lowest BCUT2D eigenvalue weighted by molar-refractivity contribution is 0.0472. The van der Waals surface area contributed by atoms with Crippen LogP contribution in [0, 0.1) is 11.3 Å². The molecule has 0 N–H and O–H groups in total. The molecule has 3 aromatic rings. The Bertz CT molecular complexity index is 1210. The zero-order valence-electron chi connectivity index (χ0n) is 16.6. The summed E-state index contributed by atoms with van der Waals surface area (Å²) in [6, 6.07) is 23.1. The van der Waals surface area contributed by atoms with Crippen LogP contribution in [-0.2, 0) is 21.4 Å². The Morgan fingerprint density at radius 3 is 2.39 bits per heavy atom. The normalized spacial score (nSPS) is 10.7. The third-order valence-corrected chi connectivity index (χ3v) is 6.24. The van der Waals surface area contributed by atoms with Crippen LogP contribution in [0.1, 0.15) is 21.5 Å². The van der Waals surface area contributed by atoms with Crippen LogP contribution in [0.5, 0.6) is 0 Å². The van der Waals surface area contributed by atoms with Crippen LogP contribution in [-0.4, -0.2) is 20.9 Å². The van der Waals surface area contributed by atoms with Gasteiger partial charge < -0.3 is 4.74 Å². The molecule has 0 saturated carbocycles.